The summed E-state index contributed by atoms with van der Waals surface area (Å²) < 4.78 is 0. The molecule has 2 atom stereocenters. The van der Waals surface area contributed by atoms with Crippen LogP contribution in [0.25, 0.3) is 11.3 Å². The summed E-state index contributed by atoms with van der Waals surface area (Å²) >= 11 is 1.40. The van der Waals surface area contributed by atoms with Gasteiger partial charge in [-0.3, -0.25) is 4.79 Å². The average Bonchev–Trinajstić information content (AvgIpc) is 2.89. The van der Waals surface area contributed by atoms with E-state index in [1.807, 2.05) is 36.6 Å². The van der Waals surface area contributed by atoms with Crippen molar-refractivity contribution >= 4 is 22.4 Å². The molecule has 0 bridgehead atoms. The zero-order valence-electron chi connectivity index (χ0n) is 10.5. The summed E-state index contributed by atoms with van der Waals surface area (Å²) in [5.74, 6) is -0.531. The van der Waals surface area contributed by atoms with Crippen molar-refractivity contribution in [2.24, 2.45) is 5.92 Å². The number of rotatable bonds is 3. The van der Waals surface area contributed by atoms with Crippen LogP contribution in [0.5, 0.6) is 0 Å². The number of aliphatic carboxylic acids is 1. The smallest absolute Gasteiger partial charge is 0.314 e. The SMILES string of the molecule is CC1CC1(C(=O)O)c1ccc(-c2csc(N)n2)cc1. The molecule has 4 nitrogen and oxygen atoms in total. The maximum absolute atomic E-state index is 11.4. The fourth-order valence-electron chi connectivity index (χ4n) is 2.61. The van der Waals surface area contributed by atoms with Crippen LogP contribution in [-0.2, 0) is 10.2 Å². The normalized spacial score (nSPS) is 25.2. The Morgan fingerprint density at radius 1 is 1.47 bits per heavy atom. The highest BCUT2D eigenvalue weighted by atomic mass is 32.1. The number of thiazole rings is 1. The third kappa shape index (κ3) is 1.81. The largest absolute Gasteiger partial charge is 0.481 e. The van der Waals surface area contributed by atoms with Gasteiger partial charge in [-0.1, -0.05) is 31.2 Å². The minimum absolute atomic E-state index is 0.200. The predicted octanol–water partition coefficient (Wildman–Crippen LogP) is 2.75. The monoisotopic (exact) mass is 274 g/mol. The van der Waals surface area contributed by atoms with Crippen LogP contribution in [0.3, 0.4) is 0 Å². The van der Waals surface area contributed by atoms with Crippen LogP contribution in [0.15, 0.2) is 29.6 Å². The number of anilines is 1. The number of benzene rings is 1. The Hall–Kier alpha value is -1.88. The van der Waals surface area contributed by atoms with Gasteiger partial charge in [0.15, 0.2) is 5.13 Å². The first-order valence-electron chi connectivity index (χ1n) is 6.09. The molecular weight excluding hydrogens is 260 g/mol. The molecule has 0 radical (unpaired) electrons. The second kappa shape index (κ2) is 4.06. The van der Waals surface area contributed by atoms with Gasteiger partial charge in [-0.05, 0) is 17.9 Å². The lowest BCUT2D eigenvalue weighted by Crippen LogP contribution is -2.21. The molecule has 0 spiro atoms. The summed E-state index contributed by atoms with van der Waals surface area (Å²) in [6, 6.07) is 7.62. The van der Waals surface area contributed by atoms with Crippen LogP contribution in [0.2, 0.25) is 0 Å². The van der Waals surface area contributed by atoms with E-state index in [1.165, 1.54) is 11.3 Å². The third-order valence-electron chi connectivity index (χ3n) is 3.91. The van der Waals surface area contributed by atoms with E-state index in [-0.39, 0.29) is 5.92 Å². The molecule has 1 aromatic heterocycles. The van der Waals surface area contributed by atoms with Crippen LogP contribution in [0, 0.1) is 5.92 Å². The van der Waals surface area contributed by atoms with E-state index in [4.69, 9.17) is 5.73 Å². The number of nitrogen functional groups attached to an aromatic ring is 1. The van der Waals surface area contributed by atoms with Crippen molar-refractivity contribution in [3.05, 3.63) is 35.2 Å². The Morgan fingerprint density at radius 2 is 2.11 bits per heavy atom. The van der Waals surface area contributed by atoms with Gasteiger partial charge in [-0.2, -0.15) is 0 Å². The molecule has 2 unspecified atom stereocenters. The molecule has 98 valence electrons. The fourth-order valence-corrected chi connectivity index (χ4v) is 3.18. The number of hydrogen-bond donors (Lipinski definition) is 2. The fraction of sp³-hybridized carbons (Fsp3) is 0.286. The maximum atomic E-state index is 11.4. The van der Waals surface area contributed by atoms with E-state index in [1.54, 1.807) is 0 Å². The Balaban J connectivity index is 1.94. The van der Waals surface area contributed by atoms with Gasteiger partial charge in [0.25, 0.3) is 0 Å². The van der Waals surface area contributed by atoms with Crippen LogP contribution in [0.4, 0.5) is 5.13 Å². The summed E-state index contributed by atoms with van der Waals surface area (Å²) in [7, 11) is 0. The van der Waals surface area contributed by atoms with Crippen LogP contribution < -0.4 is 5.73 Å². The van der Waals surface area contributed by atoms with Crippen molar-refractivity contribution in [2.75, 3.05) is 5.73 Å². The van der Waals surface area contributed by atoms with E-state index >= 15 is 0 Å². The first-order valence-corrected chi connectivity index (χ1v) is 6.97. The first kappa shape index (κ1) is 12.2. The molecule has 1 heterocycles. The maximum Gasteiger partial charge on any atom is 0.314 e. The molecular formula is C14H14N2O2S. The molecule has 0 saturated heterocycles. The number of carboxylic acid groups (broad SMARTS) is 1. The first-order chi connectivity index (χ1) is 9.04. The van der Waals surface area contributed by atoms with Gasteiger partial charge in [0.2, 0.25) is 0 Å². The summed E-state index contributed by atoms with van der Waals surface area (Å²) in [6.07, 6.45) is 0.714. The van der Waals surface area contributed by atoms with Crippen LogP contribution in [0.1, 0.15) is 18.9 Å². The standard InChI is InChI=1S/C14H14N2O2S/c1-8-6-14(8,12(17)18)10-4-2-9(3-5-10)11-7-19-13(15)16-11/h2-5,7-8H,6H2,1H3,(H2,15,16)(H,17,18). The third-order valence-corrected chi connectivity index (χ3v) is 4.58. The summed E-state index contributed by atoms with van der Waals surface area (Å²) in [6.45, 7) is 1.98. The predicted molar refractivity (Wildman–Crippen MR) is 75.1 cm³/mol. The van der Waals surface area contributed by atoms with Crippen LogP contribution in [-0.4, -0.2) is 16.1 Å². The van der Waals surface area contributed by atoms with E-state index < -0.39 is 11.4 Å². The molecule has 19 heavy (non-hydrogen) atoms. The van der Waals surface area contributed by atoms with Crippen molar-refractivity contribution in [1.82, 2.24) is 4.98 Å². The molecule has 2 aromatic rings. The highest BCUT2D eigenvalue weighted by Crippen LogP contribution is 2.54. The van der Waals surface area contributed by atoms with Crippen molar-refractivity contribution in [3.8, 4) is 11.3 Å². The number of nitrogens with two attached hydrogens (primary N) is 1. The van der Waals surface area contributed by atoms with Crippen molar-refractivity contribution in [1.29, 1.82) is 0 Å². The quantitative estimate of drug-likeness (QED) is 0.902. The zero-order valence-corrected chi connectivity index (χ0v) is 11.3. The summed E-state index contributed by atoms with van der Waals surface area (Å²) in [5, 5.41) is 11.8. The van der Waals surface area contributed by atoms with Gasteiger partial charge >= 0.3 is 5.97 Å². The summed E-state index contributed by atoms with van der Waals surface area (Å²) in [5.41, 5.74) is 7.61. The van der Waals surface area contributed by atoms with Gasteiger partial charge in [-0.15, -0.1) is 11.3 Å². The second-order valence-corrected chi connectivity index (χ2v) is 5.92. The average molecular weight is 274 g/mol. The van der Waals surface area contributed by atoms with Crippen molar-refractivity contribution in [2.45, 2.75) is 18.8 Å². The van der Waals surface area contributed by atoms with Gasteiger partial charge in [0, 0.05) is 10.9 Å². The van der Waals surface area contributed by atoms with Crippen LogP contribution >= 0.6 is 11.3 Å². The molecule has 1 fully saturated rings. The Labute approximate surface area is 114 Å². The topological polar surface area (TPSA) is 76.2 Å². The number of aromatic nitrogens is 1. The molecule has 5 heteroatoms. The minimum atomic E-state index is -0.731. The number of carboxylic acids is 1. The lowest BCUT2D eigenvalue weighted by molar-refractivity contribution is -0.140. The molecule has 1 aromatic carbocycles. The molecule has 3 N–H and O–H groups in total. The molecule has 0 aliphatic heterocycles. The molecule has 1 aliphatic carbocycles. The zero-order chi connectivity index (χ0) is 13.6. The van der Waals surface area contributed by atoms with E-state index in [2.05, 4.69) is 4.98 Å². The highest BCUT2D eigenvalue weighted by molar-refractivity contribution is 7.13. The van der Waals surface area contributed by atoms with E-state index in [9.17, 15) is 9.90 Å². The van der Waals surface area contributed by atoms with Gasteiger partial charge in [-0.25, -0.2) is 4.98 Å². The molecule has 0 amide bonds. The Morgan fingerprint density at radius 3 is 2.53 bits per heavy atom. The lowest BCUT2D eigenvalue weighted by atomic mass is 9.92. The molecule has 1 saturated carbocycles. The number of hydrogen-bond acceptors (Lipinski definition) is 4. The Kier molecular flexibility index (Phi) is 2.60. The van der Waals surface area contributed by atoms with Gasteiger partial charge < -0.3 is 10.8 Å². The molecule has 3 rings (SSSR count). The number of nitrogens with zero attached hydrogens (tertiary/aromatic N) is 1. The molecule has 1 aliphatic rings. The lowest BCUT2D eigenvalue weighted by Gasteiger charge is -2.12. The Bertz CT molecular complexity index is 635. The van der Waals surface area contributed by atoms with Gasteiger partial charge in [0.05, 0.1) is 11.1 Å². The highest BCUT2D eigenvalue weighted by Gasteiger charge is 2.58. The second-order valence-electron chi connectivity index (χ2n) is 5.03. The van der Waals surface area contributed by atoms with Gasteiger partial charge in [0.1, 0.15) is 0 Å². The summed E-state index contributed by atoms with van der Waals surface area (Å²) in [4.78, 5) is 15.6. The van der Waals surface area contributed by atoms with Crippen molar-refractivity contribution < 1.29 is 9.90 Å². The van der Waals surface area contributed by atoms with Crippen molar-refractivity contribution in [3.63, 3.8) is 0 Å². The minimum Gasteiger partial charge on any atom is -0.481 e. The number of carbonyl (C=O) groups is 1. The van der Waals surface area contributed by atoms with E-state index in [0.717, 1.165) is 16.8 Å². The van der Waals surface area contributed by atoms with E-state index in [0.29, 0.717) is 11.6 Å².